The molecule has 1 amide bonds. The van der Waals surface area contributed by atoms with Crippen LogP contribution in [0, 0.1) is 13.8 Å². The number of hydrazine groups is 1. The highest BCUT2D eigenvalue weighted by molar-refractivity contribution is 5.97. The van der Waals surface area contributed by atoms with E-state index in [1.165, 1.54) is 22.3 Å². The van der Waals surface area contributed by atoms with E-state index in [1.807, 2.05) is 17.9 Å². The Bertz CT molecular complexity index is 1570. The Balaban J connectivity index is 1.30. The lowest BCUT2D eigenvalue weighted by atomic mass is 9.82. The highest BCUT2D eigenvalue weighted by Crippen LogP contribution is 2.48. The van der Waals surface area contributed by atoms with Crippen LogP contribution in [-0.2, 0) is 29.5 Å². The minimum Gasteiger partial charge on any atom is -0.377 e. The van der Waals surface area contributed by atoms with Crippen molar-refractivity contribution in [2.45, 2.75) is 76.2 Å². The fourth-order valence-corrected chi connectivity index (χ4v) is 7.61. The number of benzene rings is 1. The molecule has 3 aliphatic heterocycles. The zero-order chi connectivity index (χ0) is 28.9. The van der Waals surface area contributed by atoms with Crippen LogP contribution in [0.15, 0.2) is 18.3 Å². The second-order valence-electron chi connectivity index (χ2n) is 12.8. The van der Waals surface area contributed by atoms with Crippen LogP contribution >= 0.6 is 0 Å². The predicted octanol–water partition coefficient (Wildman–Crippen LogP) is 4.31. The summed E-state index contributed by atoms with van der Waals surface area (Å²) in [5, 5.41) is 6.36. The van der Waals surface area contributed by atoms with Gasteiger partial charge in [-0.15, -0.1) is 0 Å². The average molecular weight is 569 g/mol. The zero-order valence-corrected chi connectivity index (χ0v) is 23.9. The van der Waals surface area contributed by atoms with Crippen molar-refractivity contribution < 1.29 is 22.7 Å². The molecule has 4 aliphatic rings. The molecular formula is C30H35F3N6O2. The maximum Gasteiger partial charge on any atom is 0.472 e. The fourth-order valence-electron chi connectivity index (χ4n) is 7.61. The van der Waals surface area contributed by atoms with Crippen LogP contribution in [-0.4, -0.2) is 74.1 Å². The predicted molar refractivity (Wildman–Crippen MR) is 147 cm³/mol. The number of carbonyl (C=O) groups is 1. The third-order valence-corrected chi connectivity index (χ3v) is 9.90. The molecule has 2 aromatic heterocycles. The van der Waals surface area contributed by atoms with Crippen molar-refractivity contribution >= 4 is 16.8 Å². The van der Waals surface area contributed by atoms with E-state index in [4.69, 9.17) is 9.72 Å². The van der Waals surface area contributed by atoms with E-state index in [1.54, 1.807) is 0 Å². The number of halogens is 3. The molecule has 5 heterocycles. The summed E-state index contributed by atoms with van der Waals surface area (Å²) in [5.41, 5.74) is 11.6. The molecule has 218 valence electrons. The van der Waals surface area contributed by atoms with Gasteiger partial charge in [-0.25, -0.2) is 5.43 Å². The number of nitrogens with one attached hydrogen (secondary N) is 1. The van der Waals surface area contributed by atoms with Crippen LogP contribution in [0.2, 0.25) is 0 Å². The molecule has 8 nitrogen and oxygen atoms in total. The van der Waals surface area contributed by atoms with Gasteiger partial charge in [0.1, 0.15) is 0 Å². The Kier molecular flexibility index (Phi) is 5.89. The van der Waals surface area contributed by atoms with Crippen molar-refractivity contribution in [3.8, 4) is 11.1 Å². The minimum atomic E-state index is -4.88. The summed E-state index contributed by atoms with van der Waals surface area (Å²) in [6.07, 6.45) is 0.0503. The quantitative estimate of drug-likeness (QED) is 0.508. The molecule has 0 radical (unpaired) electrons. The number of ether oxygens (including phenoxy) is 1. The molecule has 7 rings (SSSR count). The van der Waals surface area contributed by atoms with Gasteiger partial charge in [-0.2, -0.15) is 18.3 Å². The van der Waals surface area contributed by atoms with Crippen molar-refractivity contribution in [2.75, 3.05) is 26.3 Å². The molecule has 3 fully saturated rings. The third-order valence-electron chi connectivity index (χ3n) is 9.90. The first-order chi connectivity index (χ1) is 19.4. The Morgan fingerprint density at radius 3 is 2.63 bits per heavy atom. The fraction of sp³-hybridized carbons (Fsp3) is 0.567. The largest absolute Gasteiger partial charge is 0.472 e. The average Bonchev–Trinajstić information content (AvgIpc) is 3.50. The molecule has 1 aromatic carbocycles. The number of pyridine rings is 1. The maximum absolute atomic E-state index is 13.0. The van der Waals surface area contributed by atoms with E-state index < -0.39 is 17.6 Å². The van der Waals surface area contributed by atoms with Crippen LogP contribution in [0.3, 0.4) is 0 Å². The van der Waals surface area contributed by atoms with Crippen molar-refractivity contribution in [3.63, 3.8) is 0 Å². The van der Waals surface area contributed by atoms with Crippen LogP contribution in [0.4, 0.5) is 13.2 Å². The Hall–Kier alpha value is -3.02. The number of nitrogens with zero attached hydrogens (tertiary/aromatic N) is 5. The van der Waals surface area contributed by atoms with Gasteiger partial charge in [0.25, 0.3) is 0 Å². The number of hydrogen-bond acceptors (Lipinski definition) is 6. The highest BCUT2D eigenvalue weighted by atomic mass is 19.4. The second kappa shape index (κ2) is 8.99. The monoisotopic (exact) mass is 568 g/mol. The maximum atomic E-state index is 13.0. The standard InChI is InChI=1S/C30H35F3N6O2/c1-17-5-6-20-12-34-37(4)26(20)23(17)24-18(2)25(35-22-13-38(10-8-21(22)24)28(3)15-41-16-28)19-7-9-29(11-19)14-39(36-29)27(40)30(31,32)33/h5-6,12,19,36H,7-11,13-16H2,1-4H3. The first-order valence-electron chi connectivity index (χ1n) is 14.3. The topological polar surface area (TPSA) is 75.5 Å². The van der Waals surface area contributed by atoms with Gasteiger partial charge in [-0.05, 0) is 68.7 Å². The van der Waals surface area contributed by atoms with Gasteiger partial charge in [0, 0.05) is 42.7 Å². The first-order valence-corrected chi connectivity index (χ1v) is 14.3. The van der Waals surface area contributed by atoms with E-state index >= 15 is 0 Å². The number of aromatic nitrogens is 3. The van der Waals surface area contributed by atoms with E-state index in [0.717, 1.165) is 53.8 Å². The summed E-state index contributed by atoms with van der Waals surface area (Å²) in [5.74, 6) is -1.75. The second-order valence-corrected chi connectivity index (χ2v) is 12.8. The molecule has 1 N–H and O–H groups in total. The molecule has 41 heavy (non-hydrogen) atoms. The minimum absolute atomic E-state index is 0.00426. The van der Waals surface area contributed by atoms with Gasteiger partial charge in [-0.3, -0.25) is 24.4 Å². The molecule has 1 spiro atoms. The molecule has 1 saturated carbocycles. The van der Waals surface area contributed by atoms with E-state index in [2.05, 4.69) is 48.3 Å². The zero-order valence-electron chi connectivity index (χ0n) is 23.9. The number of fused-ring (bicyclic) bond motifs is 2. The lowest BCUT2D eigenvalue weighted by molar-refractivity contribution is -0.201. The summed E-state index contributed by atoms with van der Waals surface area (Å²) in [6, 6.07) is 4.27. The summed E-state index contributed by atoms with van der Waals surface area (Å²) in [6.45, 7) is 9.70. The van der Waals surface area contributed by atoms with E-state index in [9.17, 15) is 18.0 Å². The number of rotatable bonds is 3. The van der Waals surface area contributed by atoms with Gasteiger partial charge in [-0.1, -0.05) is 12.1 Å². The number of carbonyl (C=O) groups excluding carboxylic acids is 1. The summed E-state index contributed by atoms with van der Waals surface area (Å²) in [7, 11) is 1.98. The van der Waals surface area contributed by atoms with Crippen LogP contribution in [0.1, 0.15) is 60.2 Å². The SMILES string of the molecule is Cc1ccc2cnn(C)c2c1-c1c(C)c(C2CCC3(C2)CN(C(=O)C(F)(F)F)N3)nc2c1CCN(C1(C)COC1)C2. The van der Waals surface area contributed by atoms with Crippen LogP contribution in [0.25, 0.3) is 22.0 Å². The molecule has 11 heteroatoms. The molecule has 3 aromatic rings. The molecule has 1 aliphatic carbocycles. The van der Waals surface area contributed by atoms with Gasteiger partial charge in [0.2, 0.25) is 0 Å². The van der Waals surface area contributed by atoms with E-state index in [0.29, 0.717) is 31.1 Å². The third kappa shape index (κ3) is 4.11. The summed E-state index contributed by atoms with van der Waals surface area (Å²) >= 11 is 0. The summed E-state index contributed by atoms with van der Waals surface area (Å²) in [4.78, 5) is 19.6. The Morgan fingerprint density at radius 2 is 1.95 bits per heavy atom. The number of hydrogen-bond donors (Lipinski definition) is 1. The molecule has 2 atom stereocenters. The highest BCUT2D eigenvalue weighted by Gasteiger charge is 2.55. The van der Waals surface area contributed by atoms with Gasteiger partial charge in [0.15, 0.2) is 0 Å². The van der Waals surface area contributed by atoms with E-state index in [-0.39, 0.29) is 18.0 Å². The molecule has 2 saturated heterocycles. The van der Waals surface area contributed by atoms with Gasteiger partial charge >= 0.3 is 12.1 Å². The van der Waals surface area contributed by atoms with Crippen molar-refractivity contribution in [2.24, 2.45) is 7.05 Å². The van der Waals surface area contributed by atoms with Crippen LogP contribution in [0.5, 0.6) is 0 Å². The Labute approximate surface area is 236 Å². The first kappa shape index (κ1) is 26.9. The van der Waals surface area contributed by atoms with Crippen molar-refractivity contribution in [1.29, 1.82) is 0 Å². The summed E-state index contributed by atoms with van der Waals surface area (Å²) < 4.78 is 46.5. The van der Waals surface area contributed by atoms with Crippen molar-refractivity contribution in [1.82, 2.24) is 30.1 Å². The smallest absolute Gasteiger partial charge is 0.377 e. The van der Waals surface area contributed by atoms with Crippen LogP contribution < -0.4 is 5.43 Å². The molecule has 0 bridgehead atoms. The Morgan fingerprint density at radius 1 is 1.20 bits per heavy atom. The lowest BCUT2D eigenvalue weighted by Crippen LogP contribution is -2.73. The normalized spacial score (nSPS) is 25.8. The molecule has 2 unspecified atom stereocenters. The van der Waals surface area contributed by atoms with Gasteiger partial charge < -0.3 is 4.74 Å². The lowest BCUT2D eigenvalue weighted by Gasteiger charge is -2.49. The van der Waals surface area contributed by atoms with Crippen molar-refractivity contribution in [3.05, 3.63) is 46.4 Å². The molecular weight excluding hydrogens is 533 g/mol. The van der Waals surface area contributed by atoms with Gasteiger partial charge in [0.05, 0.1) is 48.2 Å². The number of alkyl halides is 3. The number of aryl methyl sites for hydroxylation is 2. The number of amides is 1.